The number of halogens is 4. The van der Waals surface area contributed by atoms with Crippen LogP contribution in [0, 0.1) is 24.6 Å². The molecule has 0 unspecified atom stereocenters. The summed E-state index contributed by atoms with van der Waals surface area (Å²) in [6.45, 7) is 3.72. The number of alkyl halides is 3. The topological polar surface area (TPSA) is 9.23 Å². The maximum absolute atomic E-state index is 14.0. The molecule has 1 aliphatic carbocycles. The smallest absolute Gasteiger partial charge is 0.419 e. The number of hydrogen-bond acceptors (Lipinski definition) is 1. The van der Waals surface area contributed by atoms with Crippen LogP contribution in [-0.2, 0) is 6.18 Å². The van der Waals surface area contributed by atoms with Crippen LogP contribution in [0.15, 0.2) is 12.1 Å². The van der Waals surface area contributed by atoms with Crippen LogP contribution < -0.4 is 4.74 Å². The van der Waals surface area contributed by atoms with Crippen molar-refractivity contribution in [3.63, 3.8) is 0 Å². The third-order valence-corrected chi connectivity index (χ3v) is 4.21. The van der Waals surface area contributed by atoms with Crippen LogP contribution in [0.5, 0.6) is 5.75 Å². The molecule has 5 heteroatoms. The molecule has 1 fully saturated rings. The van der Waals surface area contributed by atoms with Crippen molar-refractivity contribution in [2.75, 3.05) is 6.61 Å². The fourth-order valence-corrected chi connectivity index (χ4v) is 2.82. The van der Waals surface area contributed by atoms with E-state index >= 15 is 0 Å². The normalized spacial score (nSPS) is 23.1. The molecule has 1 aromatic rings. The zero-order valence-electron chi connectivity index (χ0n) is 12.3. The van der Waals surface area contributed by atoms with E-state index in [0.717, 1.165) is 25.7 Å². The molecule has 1 aromatic carbocycles. The predicted octanol–water partition coefficient (Wildman–Crippen LogP) is 5.36. The highest BCUT2D eigenvalue weighted by molar-refractivity contribution is 5.38. The van der Waals surface area contributed by atoms with Crippen LogP contribution in [0.25, 0.3) is 0 Å². The Kier molecular flexibility index (Phi) is 4.79. The highest BCUT2D eigenvalue weighted by Crippen LogP contribution is 2.37. The van der Waals surface area contributed by atoms with Crippen molar-refractivity contribution in [1.82, 2.24) is 0 Å². The summed E-state index contributed by atoms with van der Waals surface area (Å²) in [5.74, 6) is -0.608. The minimum Gasteiger partial charge on any atom is -0.490 e. The van der Waals surface area contributed by atoms with E-state index in [0.29, 0.717) is 11.8 Å². The van der Waals surface area contributed by atoms with Gasteiger partial charge in [0.25, 0.3) is 0 Å². The maximum atomic E-state index is 14.0. The van der Waals surface area contributed by atoms with Gasteiger partial charge < -0.3 is 4.74 Å². The Labute approximate surface area is 122 Å². The van der Waals surface area contributed by atoms with Crippen molar-refractivity contribution >= 4 is 0 Å². The number of ether oxygens (including phenoxy) is 1. The fraction of sp³-hybridized carbons (Fsp3) is 0.625. The summed E-state index contributed by atoms with van der Waals surface area (Å²) in [5.41, 5.74) is -1.35. The molecule has 1 saturated carbocycles. The zero-order valence-corrected chi connectivity index (χ0v) is 12.3. The largest absolute Gasteiger partial charge is 0.490 e. The standard InChI is InChI=1S/C16H20F4O/c1-10-3-6-12(7-4-10)9-21-13-8-5-11(2)14(15(13)17)16(18,19)20/h5,8,10,12H,3-4,6-7,9H2,1-2H3. The molecule has 0 aromatic heterocycles. The predicted molar refractivity (Wildman–Crippen MR) is 72.8 cm³/mol. The lowest BCUT2D eigenvalue weighted by Crippen LogP contribution is -2.19. The van der Waals surface area contributed by atoms with E-state index in [2.05, 4.69) is 6.92 Å². The molecule has 0 N–H and O–H groups in total. The molecule has 1 aliphatic rings. The third kappa shape index (κ3) is 3.89. The van der Waals surface area contributed by atoms with E-state index < -0.39 is 17.6 Å². The van der Waals surface area contributed by atoms with Gasteiger partial charge in [-0.05, 0) is 43.2 Å². The number of rotatable bonds is 3. The molecule has 0 spiro atoms. The molecular weight excluding hydrogens is 284 g/mol. The molecule has 21 heavy (non-hydrogen) atoms. The molecule has 0 heterocycles. The van der Waals surface area contributed by atoms with Crippen LogP contribution in [0.3, 0.4) is 0 Å². The Bertz CT molecular complexity index is 488. The fourth-order valence-electron chi connectivity index (χ4n) is 2.82. The second kappa shape index (κ2) is 6.24. The minimum atomic E-state index is -4.70. The molecule has 0 saturated heterocycles. The summed E-state index contributed by atoms with van der Waals surface area (Å²) in [6.07, 6.45) is -0.536. The van der Waals surface area contributed by atoms with E-state index in [-0.39, 0.29) is 17.9 Å². The van der Waals surface area contributed by atoms with E-state index in [4.69, 9.17) is 4.74 Å². The SMILES string of the molecule is Cc1ccc(OCC2CCC(C)CC2)c(F)c1C(F)(F)F. The van der Waals surface area contributed by atoms with E-state index in [1.807, 2.05) is 0 Å². The Balaban J connectivity index is 2.07. The van der Waals surface area contributed by atoms with E-state index in [1.54, 1.807) is 0 Å². The average molecular weight is 304 g/mol. The first-order valence-electron chi connectivity index (χ1n) is 7.28. The van der Waals surface area contributed by atoms with E-state index in [1.165, 1.54) is 19.1 Å². The van der Waals surface area contributed by atoms with Gasteiger partial charge in [-0.15, -0.1) is 0 Å². The quantitative estimate of drug-likeness (QED) is 0.683. The molecule has 0 radical (unpaired) electrons. The lowest BCUT2D eigenvalue weighted by molar-refractivity contribution is -0.140. The molecule has 1 nitrogen and oxygen atoms in total. The highest BCUT2D eigenvalue weighted by Gasteiger charge is 2.37. The van der Waals surface area contributed by atoms with Crippen molar-refractivity contribution in [2.24, 2.45) is 11.8 Å². The Morgan fingerprint density at radius 3 is 2.33 bits per heavy atom. The van der Waals surface area contributed by atoms with Gasteiger partial charge in [-0.1, -0.05) is 25.8 Å². The van der Waals surface area contributed by atoms with Crippen molar-refractivity contribution in [1.29, 1.82) is 0 Å². The summed E-state index contributed by atoms with van der Waals surface area (Å²) in [6, 6.07) is 2.54. The summed E-state index contributed by atoms with van der Waals surface area (Å²) in [5, 5.41) is 0. The van der Waals surface area contributed by atoms with Crippen LogP contribution in [0.2, 0.25) is 0 Å². The van der Waals surface area contributed by atoms with Crippen molar-refractivity contribution in [2.45, 2.75) is 45.7 Å². The number of benzene rings is 1. The van der Waals surface area contributed by atoms with Crippen molar-refractivity contribution < 1.29 is 22.3 Å². The van der Waals surface area contributed by atoms with Crippen molar-refractivity contribution in [3.05, 3.63) is 29.1 Å². The van der Waals surface area contributed by atoms with Gasteiger partial charge in [0, 0.05) is 0 Å². The maximum Gasteiger partial charge on any atom is 0.419 e. The van der Waals surface area contributed by atoms with Gasteiger partial charge in [0.2, 0.25) is 0 Å². The molecule has 0 atom stereocenters. The summed E-state index contributed by atoms with van der Waals surface area (Å²) >= 11 is 0. The summed E-state index contributed by atoms with van der Waals surface area (Å²) in [7, 11) is 0. The van der Waals surface area contributed by atoms with Gasteiger partial charge in [0.15, 0.2) is 11.6 Å². The van der Waals surface area contributed by atoms with Gasteiger partial charge in [0.1, 0.15) is 0 Å². The second-order valence-electron chi connectivity index (χ2n) is 6.00. The summed E-state index contributed by atoms with van der Waals surface area (Å²) in [4.78, 5) is 0. The van der Waals surface area contributed by atoms with Gasteiger partial charge in [-0.3, -0.25) is 0 Å². The van der Waals surface area contributed by atoms with Crippen LogP contribution in [0.4, 0.5) is 17.6 Å². The third-order valence-electron chi connectivity index (χ3n) is 4.21. The number of hydrogen-bond donors (Lipinski definition) is 0. The van der Waals surface area contributed by atoms with Crippen molar-refractivity contribution in [3.8, 4) is 5.75 Å². The minimum absolute atomic E-state index is 0.126. The molecule has 2 rings (SSSR count). The zero-order chi connectivity index (χ0) is 15.6. The first-order chi connectivity index (χ1) is 9.79. The molecule has 0 bridgehead atoms. The molecule has 0 aliphatic heterocycles. The van der Waals surface area contributed by atoms with Gasteiger partial charge in [0.05, 0.1) is 12.2 Å². The molecular formula is C16H20F4O. The monoisotopic (exact) mass is 304 g/mol. The average Bonchev–Trinajstić information content (AvgIpc) is 2.38. The Morgan fingerprint density at radius 1 is 1.14 bits per heavy atom. The number of aryl methyl sites for hydroxylation is 1. The Morgan fingerprint density at radius 2 is 1.76 bits per heavy atom. The molecule has 0 amide bonds. The highest BCUT2D eigenvalue weighted by atomic mass is 19.4. The first-order valence-corrected chi connectivity index (χ1v) is 7.28. The van der Waals surface area contributed by atoms with Gasteiger partial charge in [-0.2, -0.15) is 13.2 Å². The molecule has 118 valence electrons. The van der Waals surface area contributed by atoms with E-state index in [9.17, 15) is 17.6 Å². The van der Waals surface area contributed by atoms with Crippen LogP contribution in [0.1, 0.15) is 43.7 Å². The lowest BCUT2D eigenvalue weighted by atomic mass is 9.83. The lowest BCUT2D eigenvalue weighted by Gasteiger charge is -2.26. The Hall–Kier alpha value is -1.26. The first kappa shape index (κ1) is 16.1. The summed E-state index contributed by atoms with van der Waals surface area (Å²) < 4.78 is 57.8. The van der Waals surface area contributed by atoms with Crippen LogP contribution in [-0.4, -0.2) is 6.61 Å². The van der Waals surface area contributed by atoms with Gasteiger partial charge >= 0.3 is 6.18 Å². The van der Waals surface area contributed by atoms with Crippen LogP contribution >= 0.6 is 0 Å². The van der Waals surface area contributed by atoms with Gasteiger partial charge in [-0.25, -0.2) is 4.39 Å². The second-order valence-corrected chi connectivity index (χ2v) is 6.00.